The summed E-state index contributed by atoms with van der Waals surface area (Å²) in [5.41, 5.74) is -0.124. The van der Waals surface area contributed by atoms with E-state index in [-0.39, 0.29) is 12.5 Å². The van der Waals surface area contributed by atoms with E-state index in [1.165, 1.54) is 12.4 Å². The summed E-state index contributed by atoms with van der Waals surface area (Å²) in [7, 11) is 0. The molecule has 1 heterocycles. The number of hydrogen-bond acceptors (Lipinski definition) is 3. The van der Waals surface area contributed by atoms with E-state index in [2.05, 4.69) is 10.3 Å². The van der Waals surface area contributed by atoms with Crippen LogP contribution >= 0.6 is 11.6 Å². The molecule has 0 aliphatic carbocycles. The quantitative estimate of drug-likeness (QED) is 0.844. The van der Waals surface area contributed by atoms with Crippen molar-refractivity contribution in [3.63, 3.8) is 0 Å². The van der Waals surface area contributed by atoms with Crippen molar-refractivity contribution >= 4 is 17.5 Å². The number of rotatable bonds is 4. The second-order valence-corrected chi connectivity index (χ2v) is 4.57. The number of aromatic nitrogens is 1. The van der Waals surface area contributed by atoms with Gasteiger partial charge in [0, 0.05) is 24.5 Å². The number of aliphatic hydroxyl groups is 1. The molecule has 0 saturated carbocycles. The van der Waals surface area contributed by atoms with Crippen LogP contribution in [0.3, 0.4) is 0 Å². The van der Waals surface area contributed by atoms with Crippen molar-refractivity contribution in [2.75, 3.05) is 6.61 Å². The van der Waals surface area contributed by atoms with Gasteiger partial charge in [-0.25, -0.2) is 0 Å². The van der Waals surface area contributed by atoms with Crippen molar-refractivity contribution in [3.8, 4) is 0 Å². The molecule has 1 rings (SSSR count). The number of pyridine rings is 1. The van der Waals surface area contributed by atoms with Crippen LogP contribution in [0.5, 0.6) is 0 Å². The Labute approximate surface area is 99.6 Å². The largest absolute Gasteiger partial charge is 0.396 e. The van der Waals surface area contributed by atoms with E-state index < -0.39 is 5.54 Å². The van der Waals surface area contributed by atoms with Crippen LogP contribution in [-0.4, -0.2) is 28.1 Å². The number of amides is 1. The maximum absolute atomic E-state index is 11.8. The molecule has 0 unspecified atom stereocenters. The number of aliphatic hydroxyl groups excluding tert-OH is 1. The highest BCUT2D eigenvalue weighted by Gasteiger charge is 2.21. The summed E-state index contributed by atoms with van der Waals surface area (Å²) in [5.74, 6) is -0.281. The van der Waals surface area contributed by atoms with Crippen LogP contribution in [0.15, 0.2) is 18.5 Å². The molecular weight excluding hydrogens is 228 g/mol. The highest BCUT2D eigenvalue weighted by atomic mass is 35.5. The van der Waals surface area contributed by atoms with Crippen molar-refractivity contribution in [1.29, 1.82) is 0 Å². The first kappa shape index (κ1) is 12.9. The van der Waals surface area contributed by atoms with Gasteiger partial charge in [0.1, 0.15) is 0 Å². The Hall–Kier alpha value is -1.13. The third-order valence-corrected chi connectivity index (χ3v) is 2.53. The summed E-state index contributed by atoms with van der Waals surface area (Å²) in [6.07, 6.45) is 3.43. The molecule has 0 aromatic carbocycles. The van der Waals surface area contributed by atoms with E-state index in [9.17, 15) is 4.79 Å². The van der Waals surface area contributed by atoms with Gasteiger partial charge in [0.05, 0.1) is 10.6 Å². The van der Waals surface area contributed by atoms with Crippen LogP contribution in [-0.2, 0) is 0 Å². The second kappa shape index (κ2) is 5.27. The zero-order chi connectivity index (χ0) is 12.2. The smallest absolute Gasteiger partial charge is 0.254 e. The first-order valence-electron chi connectivity index (χ1n) is 4.99. The van der Waals surface area contributed by atoms with Gasteiger partial charge in [-0.2, -0.15) is 0 Å². The average molecular weight is 243 g/mol. The fraction of sp³-hybridized carbons (Fsp3) is 0.455. The van der Waals surface area contributed by atoms with Gasteiger partial charge in [0.2, 0.25) is 0 Å². The highest BCUT2D eigenvalue weighted by molar-refractivity contribution is 6.33. The molecule has 0 fully saturated rings. The Bertz CT molecular complexity index is 380. The Morgan fingerprint density at radius 3 is 2.88 bits per heavy atom. The van der Waals surface area contributed by atoms with Gasteiger partial charge >= 0.3 is 0 Å². The van der Waals surface area contributed by atoms with E-state index in [4.69, 9.17) is 16.7 Å². The van der Waals surface area contributed by atoms with Crippen LogP contribution in [0.2, 0.25) is 5.02 Å². The van der Waals surface area contributed by atoms with Crippen LogP contribution in [0.4, 0.5) is 0 Å². The number of carbonyl (C=O) groups excluding carboxylic acids is 1. The van der Waals surface area contributed by atoms with Gasteiger partial charge in [-0.3, -0.25) is 9.78 Å². The first-order valence-corrected chi connectivity index (χ1v) is 5.37. The van der Waals surface area contributed by atoms with E-state index >= 15 is 0 Å². The second-order valence-electron chi connectivity index (χ2n) is 4.17. The maximum Gasteiger partial charge on any atom is 0.254 e. The van der Waals surface area contributed by atoms with Gasteiger partial charge in [0.15, 0.2) is 0 Å². The molecule has 0 atom stereocenters. The summed E-state index contributed by atoms with van der Waals surface area (Å²) in [4.78, 5) is 15.7. The summed E-state index contributed by atoms with van der Waals surface area (Å²) < 4.78 is 0. The van der Waals surface area contributed by atoms with Gasteiger partial charge in [0.25, 0.3) is 5.91 Å². The highest BCUT2D eigenvalue weighted by Crippen LogP contribution is 2.15. The Morgan fingerprint density at radius 1 is 1.62 bits per heavy atom. The van der Waals surface area contributed by atoms with Gasteiger partial charge in [-0.15, -0.1) is 0 Å². The van der Waals surface area contributed by atoms with Crippen molar-refractivity contribution in [2.24, 2.45) is 0 Å². The van der Waals surface area contributed by atoms with Gasteiger partial charge in [-0.05, 0) is 26.3 Å². The predicted molar refractivity (Wildman–Crippen MR) is 62.5 cm³/mol. The third-order valence-electron chi connectivity index (χ3n) is 2.20. The molecular formula is C11H15ClN2O2. The molecule has 4 nitrogen and oxygen atoms in total. The molecule has 1 amide bonds. The molecule has 0 spiro atoms. The van der Waals surface area contributed by atoms with Crippen LogP contribution in [0.1, 0.15) is 30.6 Å². The number of nitrogens with zero attached hydrogens (tertiary/aromatic N) is 1. The lowest BCUT2D eigenvalue weighted by Gasteiger charge is -2.25. The van der Waals surface area contributed by atoms with Gasteiger partial charge in [-0.1, -0.05) is 11.6 Å². The zero-order valence-corrected chi connectivity index (χ0v) is 10.1. The lowest BCUT2D eigenvalue weighted by Crippen LogP contribution is -2.44. The monoisotopic (exact) mass is 242 g/mol. The topological polar surface area (TPSA) is 62.2 Å². The number of carbonyl (C=O) groups is 1. The predicted octanol–water partition coefficient (Wildman–Crippen LogP) is 1.63. The summed E-state index contributed by atoms with van der Waals surface area (Å²) >= 11 is 5.87. The van der Waals surface area contributed by atoms with E-state index in [0.717, 1.165) is 0 Å². The average Bonchev–Trinajstić information content (AvgIpc) is 2.17. The molecule has 16 heavy (non-hydrogen) atoms. The zero-order valence-electron chi connectivity index (χ0n) is 9.33. The fourth-order valence-corrected chi connectivity index (χ4v) is 1.45. The van der Waals surface area contributed by atoms with Crippen molar-refractivity contribution in [1.82, 2.24) is 10.3 Å². The molecule has 0 aliphatic rings. The molecule has 0 saturated heterocycles. The number of nitrogens with one attached hydrogen (secondary N) is 1. The van der Waals surface area contributed by atoms with Gasteiger partial charge < -0.3 is 10.4 Å². The number of hydrogen-bond donors (Lipinski definition) is 2. The van der Waals surface area contributed by atoms with E-state index in [1.54, 1.807) is 6.07 Å². The molecule has 1 aromatic rings. The Kier molecular flexibility index (Phi) is 4.26. The summed E-state index contributed by atoms with van der Waals surface area (Å²) in [5, 5.41) is 12.0. The first-order chi connectivity index (χ1) is 7.46. The molecule has 2 N–H and O–H groups in total. The minimum absolute atomic E-state index is 0.0219. The normalized spacial score (nSPS) is 11.2. The van der Waals surface area contributed by atoms with Crippen molar-refractivity contribution in [3.05, 3.63) is 29.0 Å². The molecule has 88 valence electrons. The van der Waals surface area contributed by atoms with Crippen LogP contribution < -0.4 is 5.32 Å². The number of halogens is 1. The SMILES string of the molecule is CC(C)(CCO)NC(=O)c1cnccc1Cl. The Balaban J connectivity index is 2.77. The lowest BCUT2D eigenvalue weighted by atomic mass is 10.0. The minimum atomic E-state index is -0.467. The maximum atomic E-state index is 11.8. The third kappa shape index (κ3) is 3.47. The minimum Gasteiger partial charge on any atom is -0.396 e. The fourth-order valence-electron chi connectivity index (χ4n) is 1.26. The molecule has 0 radical (unpaired) electrons. The standard InChI is InChI=1S/C11H15ClN2O2/c1-11(2,4-6-15)14-10(16)8-7-13-5-3-9(8)12/h3,5,7,15H,4,6H2,1-2H3,(H,14,16). The van der Waals surface area contributed by atoms with Crippen LogP contribution in [0.25, 0.3) is 0 Å². The molecule has 1 aromatic heterocycles. The molecule has 5 heteroatoms. The van der Waals surface area contributed by atoms with E-state index in [1.807, 2.05) is 13.8 Å². The van der Waals surface area contributed by atoms with Crippen molar-refractivity contribution in [2.45, 2.75) is 25.8 Å². The Morgan fingerprint density at radius 2 is 2.31 bits per heavy atom. The van der Waals surface area contributed by atoms with Crippen molar-refractivity contribution < 1.29 is 9.90 Å². The molecule has 0 aliphatic heterocycles. The molecule has 0 bridgehead atoms. The van der Waals surface area contributed by atoms with Crippen LogP contribution in [0, 0.1) is 0 Å². The summed E-state index contributed by atoms with van der Waals surface area (Å²) in [6.45, 7) is 3.70. The lowest BCUT2D eigenvalue weighted by molar-refractivity contribution is 0.0899. The summed E-state index contributed by atoms with van der Waals surface area (Å²) in [6, 6.07) is 1.56. The van der Waals surface area contributed by atoms with E-state index in [0.29, 0.717) is 17.0 Å².